The van der Waals surface area contributed by atoms with Crippen LogP contribution in [0.25, 0.3) is 0 Å². The average molecular weight is 460 g/mol. The van der Waals surface area contributed by atoms with Gasteiger partial charge < -0.3 is 15.3 Å². The molecule has 7 atom stereocenters. The summed E-state index contributed by atoms with van der Waals surface area (Å²) in [7, 11) is 0. The van der Waals surface area contributed by atoms with Gasteiger partial charge in [0.05, 0.1) is 12.2 Å². The first-order valence-corrected chi connectivity index (χ1v) is 13.6. The molecule has 1 aromatic heterocycles. The Morgan fingerprint density at radius 2 is 1.97 bits per heavy atom. The minimum atomic E-state index is -0.414. The van der Waals surface area contributed by atoms with E-state index in [-0.39, 0.29) is 0 Å². The van der Waals surface area contributed by atoms with Gasteiger partial charge in [-0.05, 0) is 81.0 Å². The molecule has 32 heavy (non-hydrogen) atoms. The summed E-state index contributed by atoms with van der Waals surface area (Å²) in [4.78, 5) is 4.25. The Labute approximate surface area is 197 Å². The van der Waals surface area contributed by atoms with Crippen LogP contribution in [-0.2, 0) is 0 Å². The molecule has 4 nitrogen and oxygen atoms in total. The topological polar surface area (TPSA) is 73.6 Å². The second-order valence-electron chi connectivity index (χ2n) is 10.9. The summed E-state index contributed by atoms with van der Waals surface area (Å²) >= 11 is 1.54. The van der Waals surface area contributed by atoms with Crippen LogP contribution in [0.2, 0.25) is 0 Å². The van der Waals surface area contributed by atoms with Crippen molar-refractivity contribution in [2.24, 2.45) is 23.2 Å². The van der Waals surface area contributed by atoms with Crippen molar-refractivity contribution in [2.75, 3.05) is 0 Å². The van der Waals surface area contributed by atoms with Crippen molar-refractivity contribution < 1.29 is 15.3 Å². The lowest BCUT2D eigenvalue weighted by Gasteiger charge is -2.44. The van der Waals surface area contributed by atoms with Gasteiger partial charge in [0.25, 0.3) is 0 Å². The predicted octanol–water partition coefficient (Wildman–Crippen LogP) is 5.96. The third-order valence-electron chi connectivity index (χ3n) is 8.67. The van der Waals surface area contributed by atoms with Crippen LogP contribution in [0.4, 0.5) is 0 Å². The van der Waals surface area contributed by atoms with E-state index < -0.39 is 18.3 Å². The standard InChI is InChI=1S/C27H41NO3S/c1-18(5-3-7-25(31)26-28-13-14-32-26)23-10-11-24-20(6-4-12-27(23,24)2)9-8-19-15-21(29)17-22(30)16-19/h8-9,13-14,18,21-25,29-31H,3-7,10-12,15-17H2,1-2H3/b20-9+/t18-,21-,22-,23-,24+,25+,27-/m1/s1. The third-order valence-corrected chi connectivity index (χ3v) is 9.55. The van der Waals surface area contributed by atoms with Crippen molar-refractivity contribution in [2.45, 2.75) is 103 Å². The molecule has 4 rings (SSSR count). The number of nitrogens with zero attached hydrogens (tertiary/aromatic N) is 1. The second-order valence-corrected chi connectivity index (χ2v) is 11.8. The number of aromatic nitrogens is 1. The molecule has 1 heterocycles. The molecule has 3 N–H and O–H groups in total. The molecule has 0 unspecified atom stereocenters. The largest absolute Gasteiger partial charge is 0.393 e. The Kier molecular flexibility index (Phi) is 7.92. The molecule has 0 aliphatic heterocycles. The summed E-state index contributed by atoms with van der Waals surface area (Å²) in [5, 5.41) is 33.1. The van der Waals surface area contributed by atoms with Gasteiger partial charge in [-0.2, -0.15) is 0 Å². The predicted molar refractivity (Wildman–Crippen MR) is 130 cm³/mol. The maximum Gasteiger partial charge on any atom is 0.121 e. The zero-order chi connectivity index (χ0) is 22.7. The highest BCUT2D eigenvalue weighted by atomic mass is 32.1. The van der Waals surface area contributed by atoms with E-state index in [2.05, 4.69) is 31.0 Å². The Balaban J connectivity index is 1.36. The van der Waals surface area contributed by atoms with E-state index in [1.165, 1.54) is 44.1 Å². The highest BCUT2D eigenvalue weighted by Crippen LogP contribution is 2.60. The van der Waals surface area contributed by atoms with Crippen LogP contribution in [0, 0.1) is 23.2 Å². The lowest BCUT2D eigenvalue weighted by molar-refractivity contribution is 0.0609. The Hall–Kier alpha value is -1.01. The summed E-state index contributed by atoms with van der Waals surface area (Å²) in [5.74, 6) is 2.09. The van der Waals surface area contributed by atoms with Gasteiger partial charge in [-0.3, -0.25) is 0 Å². The fourth-order valence-corrected chi connectivity index (χ4v) is 7.76. The van der Waals surface area contributed by atoms with E-state index in [4.69, 9.17) is 0 Å². The summed E-state index contributed by atoms with van der Waals surface area (Å²) < 4.78 is 0. The number of hydrogen-bond donors (Lipinski definition) is 3. The molecular weight excluding hydrogens is 418 g/mol. The van der Waals surface area contributed by atoms with Crippen molar-refractivity contribution >= 4 is 11.3 Å². The molecule has 1 aromatic rings. The number of hydrogen-bond acceptors (Lipinski definition) is 5. The van der Waals surface area contributed by atoms with Crippen molar-refractivity contribution in [3.8, 4) is 0 Å². The minimum absolute atomic E-state index is 0.377. The van der Waals surface area contributed by atoms with Gasteiger partial charge in [0.2, 0.25) is 0 Å². The minimum Gasteiger partial charge on any atom is -0.393 e. The van der Waals surface area contributed by atoms with Crippen LogP contribution in [0.5, 0.6) is 0 Å². The van der Waals surface area contributed by atoms with Gasteiger partial charge in [-0.1, -0.05) is 50.0 Å². The lowest BCUT2D eigenvalue weighted by atomic mass is 9.60. The maximum atomic E-state index is 10.4. The van der Waals surface area contributed by atoms with E-state index in [9.17, 15) is 15.3 Å². The SMILES string of the molecule is C[C@H](CCC[C@H](O)c1nccs1)[C@H]1CC[C@H]2/C(=C/C=C3C[C@@H](O)C[C@H](O)C3)CCC[C@]12C. The van der Waals surface area contributed by atoms with Crippen LogP contribution in [0.1, 0.15) is 95.6 Å². The van der Waals surface area contributed by atoms with Crippen molar-refractivity contribution in [1.29, 1.82) is 0 Å². The maximum absolute atomic E-state index is 10.4. The number of aliphatic hydroxyl groups excluding tert-OH is 3. The van der Waals surface area contributed by atoms with Crippen LogP contribution in [0.3, 0.4) is 0 Å². The number of thiazole rings is 1. The first-order valence-electron chi connectivity index (χ1n) is 12.7. The molecular formula is C27H41NO3S. The first kappa shape index (κ1) is 24.1. The van der Waals surface area contributed by atoms with Crippen molar-refractivity contribution in [3.63, 3.8) is 0 Å². The summed E-state index contributed by atoms with van der Waals surface area (Å²) in [5.41, 5.74) is 3.16. The molecule has 0 saturated heterocycles. The Morgan fingerprint density at radius 1 is 1.19 bits per heavy atom. The zero-order valence-electron chi connectivity index (χ0n) is 19.7. The molecule has 0 spiro atoms. The molecule has 3 fully saturated rings. The van der Waals surface area contributed by atoms with Crippen LogP contribution >= 0.6 is 11.3 Å². The second kappa shape index (κ2) is 10.5. The van der Waals surface area contributed by atoms with Crippen LogP contribution in [0.15, 0.2) is 34.9 Å². The Bertz CT molecular complexity index is 792. The van der Waals surface area contributed by atoms with Crippen molar-refractivity contribution in [3.05, 3.63) is 39.9 Å². The summed E-state index contributed by atoms with van der Waals surface area (Å²) in [6.07, 6.45) is 16.4. The number of allylic oxidation sites excluding steroid dienone is 3. The van der Waals surface area contributed by atoms with E-state index in [0.717, 1.165) is 23.8 Å². The molecule has 5 heteroatoms. The smallest absolute Gasteiger partial charge is 0.121 e. The molecule has 0 radical (unpaired) electrons. The summed E-state index contributed by atoms with van der Waals surface area (Å²) in [6.45, 7) is 4.96. The van der Waals surface area contributed by atoms with Gasteiger partial charge in [0, 0.05) is 11.6 Å². The quantitative estimate of drug-likeness (QED) is 0.470. The van der Waals surface area contributed by atoms with Gasteiger partial charge in [-0.25, -0.2) is 4.98 Å². The molecule has 0 amide bonds. The summed E-state index contributed by atoms with van der Waals surface area (Å²) in [6, 6.07) is 0. The number of fused-ring (bicyclic) bond motifs is 1. The van der Waals surface area contributed by atoms with Gasteiger partial charge in [-0.15, -0.1) is 11.3 Å². The lowest BCUT2D eigenvalue weighted by Crippen LogP contribution is -2.36. The normalized spacial score (nSPS) is 36.2. The third kappa shape index (κ3) is 5.38. The molecule has 3 aliphatic carbocycles. The van der Waals surface area contributed by atoms with E-state index >= 15 is 0 Å². The van der Waals surface area contributed by atoms with Crippen LogP contribution < -0.4 is 0 Å². The molecule has 3 aliphatic rings. The van der Waals surface area contributed by atoms with Crippen LogP contribution in [-0.4, -0.2) is 32.5 Å². The Morgan fingerprint density at radius 3 is 2.69 bits per heavy atom. The molecule has 0 aromatic carbocycles. The molecule has 178 valence electrons. The zero-order valence-corrected chi connectivity index (χ0v) is 20.6. The average Bonchev–Trinajstić information content (AvgIpc) is 3.39. The highest BCUT2D eigenvalue weighted by molar-refractivity contribution is 7.09. The fourth-order valence-electron chi connectivity index (χ4n) is 7.10. The number of aliphatic hydroxyl groups is 3. The van der Waals surface area contributed by atoms with E-state index in [1.807, 2.05) is 5.38 Å². The van der Waals surface area contributed by atoms with Gasteiger partial charge in [0.1, 0.15) is 11.1 Å². The molecule has 3 saturated carbocycles. The highest BCUT2D eigenvalue weighted by Gasteiger charge is 2.50. The van der Waals surface area contributed by atoms with Crippen molar-refractivity contribution in [1.82, 2.24) is 4.98 Å². The fraction of sp³-hybridized carbons (Fsp3) is 0.741. The first-order chi connectivity index (χ1) is 15.4. The number of rotatable bonds is 7. The molecule has 0 bridgehead atoms. The monoisotopic (exact) mass is 459 g/mol. The van der Waals surface area contributed by atoms with Gasteiger partial charge in [0.15, 0.2) is 0 Å². The van der Waals surface area contributed by atoms with Gasteiger partial charge >= 0.3 is 0 Å². The van der Waals surface area contributed by atoms with E-state index in [0.29, 0.717) is 36.5 Å². The van der Waals surface area contributed by atoms with E-state index in [1.54, 1.807) is 23.1 Å².